The van der Waals surface area contributed by atoms with E-state index in [1.165, 1.54) is 0 Å². The van der Waals surface area contributed by atoms with Gasteiger partial charge in [0.1, 0.15) is 10.1 Å². The molecule has 0 spiro atoms. The third kappa shape index (κ3) is 5.52. The van der Waals surface area contributed by atoms with Crippen LogP contribution in [0.1, 0.15) is 22.8 Å². The van der Waals surface area contributed by atoms with Crippen molar-refractivity contribution in [1.82, 2.24) is 15.0 Å². The average molecular weight is 530 g/mol. The molecule has 8 heteroatoms. The van der Waals surface area contributed by atoms with E-state index < -0.39 is 17.4 Å². The molecule has 0 unspecified atom stereocenters. The van der Waals surface area contributed by atoms with E-state index in [0.29, 0.717) is 0 Å². The van der Waals surface area contributed by atoms with Crippen LogP contribution >= 0.6 is 11.8 Å². The van der Waals surface area contributed by atoms with Gasteiger partial charge in [0.25, 0.3) is 0 Å². The number of fused-ring (bicyclic) bond motifs is 6. The summed E-state index contributed by atoms with van der Waals surface area (Å²) in [6, 6.07) is 18.4. The van der Waals surface area contributed by atoms with E-state index in [9.17, 15) is 6.45 Å². The van der Waals surface area contributed by atoms with E-state index in [1.54, 1.807) is 11.8 Å². The van der Waals surface area contributed by atoms with Crippen LogP contribution < -0.4 is 0 Å². The van der Waals surface area contributed by atoms with E-state index in [0.717, 1.165) is 45.7 Å². The largest absolute Gasteiger partial charge is 0.257 e. The maximum atomic E-state index is 10.1. The first kappa shape index (κ1) is 17.8. The van der Waals surface area contributed by atoms with Gasteiger partial charge in [-0.05, 0) is 36.4 Å². The van der Waals surface area contributed by atoms with Crippen LogP contribution in [0.15, 0.2) is 64.6 Å². The molecule has 128 valence electrons. The van der Waals surface area contributed by atoms with Crippen LogP contribution in [0.4, 0.5) is 6.45 Å². The molecule has 0 aliphatic carbocycles. The first-order chi connectivity index (χ1) is 12.1. The zero-order valence-electron chi connectivity index (χ0n) is 12.9. The summed E-state index contributed by atoms with van der Waals surface area (Å²) in [5.41, 5.74) is 4.19. The second-order valence-electron chi connectivity index (χ2n) is 5.19. The molecular formula is C17H13F2N4ReS. The smallest absolute Gasteiger partial charge is 0.103 e. The molecule has 0 atom stereocenters. The maximum absolute atomic E-state index is 10.1. The fourth-order valence-electron chi connectivity index (χ4n) is 2.43. The second-order valence-corrected chi connectivity index (χ2v) is 7.54. The summed E-state index contributed by atoms with van der Waals surface area (Å²) >= 11 is -2.85. The predicted molar refractivity (Wildman–Crippen MR) is 86.4 cm³/mol. The Hall–Kier alpha value is -1.97. The van der Waals surface area contributed by atoms with E-state index >= 15 is 0 Å². The molecule has 0 aromatic carbocycles. The van der Waals surface area contributed by atoms with Crippen LogP contribution in [0.5, 0.6) is 0 Å². The Bertz CT molecular complexity index is 792. The fraction of sp³-hybridized carbons (Fsp3) is 0.118. The van der Waals surface area contributed by atoms with Crippen LogP contribution in [-0.2, 0) is 30.3 Å². The van der Waals surface area contributed by atoms with E-state index in [4.69, 9.17) is 18.8 Å². The van der Waals surface area contributed by atoms with Crippen LogP contribution in [0, 0.1) is 3.80 Å². The fourth-order valence-corrected chi connectivity index (χ4v) is 3.26. The van der Waals surface area contributed by atoms with Crippen molar-refractivity contribution in [2.75, 3.05) is 0 Å². The standard InChI is InChI=1S/C17H13N3S.2FH.N.Re/c1-4-12-10-14-6-2-8-16(19-14)21-17-9-3-7-15(20-17)11-13(5-1)18-12;;;;/h1-9H,10-11H2;2*1H;;/q;;;;+2/p-2. The molecule has 0 N–H and O–H groups in total. The Kier molecular flexibility index (Phi) is 6.01. The van der Waals surface area contributed by atoms with Crippen molar-refractivity contribution in [2.24, 2.45) is 0 Å². The normalized spacial score (nSPS) is 12.4. The van der Waals surface area contributed by atoms with Crippen molar-refractivity contribution in [3.05, 3.63) is 77.4 Å². The molecule has 4 rings (SSSR count). The SMILES string of the molecule is [N]#[Re]([F])[F].c1cc2nc(c1)Cc1cccc(n1)Sc1cccc(n1)C2. The molecule has 25 heavy (non-hydrogen) atoms. The summed E-state index contributed by atoms with van der Waals surface area (Å²) in [7, 11) is 0. The number of hydrogen-bond donors (Lipinski definition) is 0. The van der Waals surface area contributed by atoms with Crippen molar-refractivity contribution in [2.45, 2.75) is 22.9 Å². The molecular weight excluding hydrogens is 516 g/mol. The van der Waals surface area contributed by atoms with Crippen molar-refractivity contribution >= 4 is 11.8 Å². The van der Waals surface area contributed by atoms with Gasteiger partial charge in [0.05, 0.1) is 0 Å². The third-order valence-corrected chi connectivity index (χ3v) is 4.23. The van der Waals surface area contributed by atoms with E-state index in [2.05, 4.69) is 18.2 Å². The van der Waals surface area contributed by atoms with E-state index in [-0.39, 0.29) is 0 Å². The molecule has 1 aliphatic heterocycles. The summed E-state index contributed by atoms with van der Waals surface area (Å²) in [4.78, 5) is 14.1. The van der Waals surface area contributed by atoms with Gasteiger partial charge >= 0.3 is 27.7 Å². The molecule has 3 aromatic rings. The number of rotatable bonds is 0. The van der Waals surface area contributed by atoms with Gasteiger partial charge in [-0.3, -0.25) is 4.98 Å². The minimum Gasteiger partial charge on any atom is -0.257 e. The summed E-state index contributed by atoms with van der Waals surface area (Å²) in [5, 5.41) is 1.96. The molecule has 0 saturated carbocycles. The molecule has 4 nitrogen and oxygen atoms in total. The minimum atomic E-state index is -4.46. The second kappa shape index (κ2) is 8.41. The molecule has 3 aromatic heterocycles. The predicted octanol–water partition coefficient (Wildman–Crippen LogP) is 4.37. The van der Waals surface area contributed by atoms with E-state index in [1.807, 2.05) is 36.4 Å². The maximum Gasteiger partial charge on any atom is 0.103 e. The molecule has 0 amide bonds. The Morgan fingerprint density at radius 2 is 1.08 bits per heavy atom. The van der Waals surface area contributed by atoms with Crippen LogP contribution in [-0.4, -0.2) is 15.0 Å². The first-order valence-electron chi connectivity index (χ1n) is 7.35. The number of halogens is 2. The zero-order chi connectivity index (χ0) is 17.6. The van der Waals surface area contributed by atoms with Crippen LogP contribution in [0.25, 0.3) is 0 Å². The van der Waals surface area contributed by atoms with Gasteiger partial charge in [0.15, 0.2) is 0 Å². The van der Waals surface area contributed by atoms with Gasteiger partial charge in [-0.1, -0.05) is 30.0 Å². The Balaban J connectivity index is 0.000000415. The molecule has 1 aliphatic rings. The number of hydrogen-bond acceptors (Lipinski definition) is 5. The zero-order valence-corrected chi connectivity index (χ0v) is 16.5. The Morgan fingerprint density at radius 3 is 1.52 bits per heavy atom. The van der Waals surface area contributed by atoms with Crippen molar-refractivity contribution in [3.63, 3.8) is 0 Å². The van der Waals surface area contributed by atoms with Crippen molar-refractivity contribution in [3.8, 4) is 0 Å². The topological polar surface area (TPSA) is 62.5 Å². The Morgan fingerprint density at radius 1 is 0.720 bits per heavy atom. The monoisotopic (exact) mass is 530 g/mol. The third-order valence-electron chi connectivity index (χ3n) is 3.36. The van der Waals surface area contributed by atoms with Crippen LogP contribution in [0.2, 0.25) is 0 Å². The first-order valence-corrected chi connectivity index (χ1v) is 11.4. The van der Waals surface area contributed by atoms with Gasteiger partial charge in [-0.15, -0.1) is 0 Å². The summed E-state index contributed by atoms with van der Waals surface area (Å²) < 4.78 is 27.1. The molecule has 4 heterocycles. The van der Waals surface area contributed by atoms with Gasteiger partial charge in [-0.25, -0.2) is 9.97 Å². The number of pyridine rings is 3. The molecule has 0 fully saturated rings. The quantitative estimate of drug-likeness (QED) is 0.339. The Labute approximate surface area is 154 Å². The van der Waals surface area contributed by atoms with Gasteiger partial charge in [-0.2, -0.15) is 0 Å². The van der Waals surface area contributed by atoms with Gasteiger partial charge in [0, 0.05) is 35.6 Å². The summed E-state index contributed by atoms with van der Waals surface area (Å²) in [5.74, 6) is 0. The van der Waals surface area contributed by atoms with Crippen molar-refractivity contribution < 1.29 is 23.9 Å². The minimum absolute atomic E-state index is 0.767. The summed E-state index contributed by atoms with van der Waals surface area (Å²) in [6.45, 7) is 0. The molecule has 6 bridgehead atoms. The molecule has 0 radical (unpaired) electrons. The summed E-state index contributed by atoms with van der Waals surface area (Å²) in [6.07, 6.45) is 1.53. The van der Waals surface area contributed by atoms with Crippen LogP contribution in [0.3, 0.4) is 0 Å². The van der Waals surface area contributed by atoms with Gasteiger partial charge < -0.3 is 0 Å². The number of aromatic nitrogens is 3. The number of nitrogens with zero attached hydrogens (tertiary/aromatic N) is 4. The van der Waals surface area contributed by atoms with Crippen molar-refractivity contribution in [1.29, 1.82) is 3.80 Å². The average Bonchev–Trinajstić information content (AvgIpc) is 2.54. The molecule has 0 saturated heterocycles. The van der Waals surface area contributed by atoms with Gasteiger partial charge in [0.2, 0.25) is 0 Å².